The number of anilines is 1. The lowest BCUT2D eigenvalue weighted by Gasteiger charge is -2.25. The maximum atomic E-state index is 13.4. The zero-order valence-electron chi connectivity index (χ0n) is 41.0. The molecule has 4 aromatic carbocycles. The summed E-state index contributed by atoms with van der Waals surface area (Å²) < 4.78 is 76.4. The highest BCUT2D eigenvalue weighted by molar-refractivity contribution is 7.86. The summed E-state index contributed by atoms with van der Waals surface area (Å²) in [5.41, 5.74) is 3.66. The van der Waals surface area contributed by atoms with E-state index in [-0.39, 0.29) is 68.0 Å². The number of likely N-dealkylation sites (N-methyl/N-ethyl adjacent to an activating group) is 1. The second kappa shape index (κ2) is 20.0. The van der Waals surface area contributed by atoms with Gasteiger partial charge in [-0.05, 0) is 118 Å². The van der Waals surface area contributed by atoms with Crippen molar-refractivity contribution in [2.24, 2.45) is 0 Å². The molecule has 0 fully saturated rings. The first kappa shape index (κ1) is 52.6. The fraction of sp³-hybridized carbons (Fsp3) is 0.255. The molecular formula is C55H54N3O14S2+. The summed E-state index contributed by atoms with van der Waals surface area (Å²) in [7, 11) is -8.91. The maximum Gasteiger partial charge on any atom is 0.336 e. The van der Waals surface area contributed by atoms with Crippen LogP contribution < -0.4 is 15.6 Å². The van der Waals surface area contributed by atoms with Crippen molar-refractivity contribution in [1.29, 1.82) is 0 Å². The normalized spacial score (nSPS) is 15.7. The molecule has 74 heavy (non-hydrogen) atoms. The number of nitrogens with one attached hydrogen (secondary N) is 1. The van der Waals surface area contributed by atoms with Crippen LogP contribution in [0.15, 0.2) is 140 Å². The van der Waals surface area contributed by atoms with E-state index in [1.807, 2.05) is 65.0 Å². The third kappa shape index (κ3) is 10.0. The third-order valence-corrected chi connectivity index (χ3v) is 15.5. The van der Waals surface area contributed by atoms with Gasteiger partial charge in [-0.2, -0.15) is 21.4 Å². The Kier molecular flexibility index (Phi) is 14.2. The van der Waals surface area contributed by atoms with Gasteiger partial charge in [-0.1, -0.05) is 38.1 Å². The summed E-state index contributed by atoms with van der Waals surface area (Å²) in [6.45, 7) is 10.8. The number of benzene rings is 5. The van der Waals surface area contributed by atoms with E-state index in [1.165, 1.54) is 66.7 Å². The van der Waals surface area contributed by atoms with Crippen LogP contribution in [0.25, 0.3) is 33.4 Å². The Bertz CT molecular complexity index is 3720. The number of phenols is 1. The minimum atomic E-state index is -4.50. The van der Waals surface area contributed by atoms with E-state index in [0.29, 0.717) is 54.4 Å². The lowest BCUT2D eigenvalue weighted by molar-refractivity contribution is -0.438. The number of hydrogen-bond donors (Lipinski definition) is 6. The summed E-state index contributed by atoms with van der Waals surface area (Å²) in [5, 5.41) is 34.0. The molecule has 3 aliphatic heterocycles. The summed E-state index contributed by atoms with van der Waals surface area (Å²) in [6.07, 6.45) is 11.3. The average Bonchev–Trinajstić information content (AvgIpc) is 3.68. The van der Waals surface area contributed by atoms with Gasteiger partial charge in [-0.15, -0.1) is 0 Å². The van der Waals surface area contributed by atoms with Crippen LogP contribution in [0.3, 0.4) is 0 Å². The number of nitrogens with zero attached hydrogens (tertiary/aromatic N) is 2. The number of fused-ring (bicyclic) bond motifs is 4. The van der Waals surface area contributed by atoms with Crippen LogP contribution in [0.1, 0.15) is 97.7 Å². The molecule has 0 saturated heterocycles. The molecular weight excluding hydrogens is 991 g/mol. The lowest BCUT2D eigenvalue weighted by atomic mass is 9.81. The summed E-state index contributed by atoms with van der Waals surface area (Å²) in [5.74, 6) is -3.20. The molecule has 3 heterocycles. The number of aromatic carboxylic acids is 2. The second-order valence-corrected chi connectivity index (χ2v) is 22.0. The van der Waals surface area contributed by atoms with Crippen molar-refractivity contribution in [3.8, 4) is 28.2 Å². The van der Waals surface area contributed by atoms with Gasteiger partial charge in [-0.25, -0.2) is 9.59 Å². The molecule has 0 spiro atoms. The van der Waals surface area contributed by atoms with Gasteiger partial charge in [0, 0.05) is 76.5 Å². The smallest absolute Gasteiger partial charge is 0.336 e. The van der Waals surface area contributed by atoms with E-state index in [1.54, 1.807) is 12.1 Å². The van der Waals surface area contributed by atoms with Gasteiger partial charge in [0.15, 0.2) is 11.1 Å². The molecule has 0 saturated carbocycles. The number of hydrogen-bond acceptors (Lipinski definition) is 11. The monoisotopic (exact) mass is 1040 g/mol. The Balaban J connectivity index is 0.991. The highest BCUT2D eigenvalue weighted by atomic mass is 32.2. The molecule has 0 unspecified atom stereocenters. The van der Waals surface area contributed by atoms with Gasteiger partial charge in [-0.3, -0.25) is 18.7 Å². The molecule has 0 radical (unpaired) electrons. The minimum Gasteiger partial charge on any atom is -0.507 e. The standard InChI is InChI=1S/C55H53N3O14S2/c1-6-57-43-23-18-34(73(66,67)68)29-41(43)54(2,3)47(57)13-9-7-10-14-48-55(4,5)42-30-35(74(69,70)71)19-24-44(42)58(48)26-12-8-11-15-49(61)56-31-40-45(60)25-22-38-50(37-21-17-33(59)28-46(37)72-51(38)40)36-20-16-32(52(62)63)27-39(36)53(64)65/h7,9-10,13-14,16-25,27-30H,6,8,11-12,15,26,31H2,1-5H3,(H5-,56,59,60,61,62,63,64,65,66,67,68,69,70,71)/p+1. The number of allylic oxidation sites excluding steroid dienone is 6. The van der Waals surface area contributed by atoms with Gasteiger partial charge < -0.3 is 30.0 Å². The van der Waals surface area contributed by atoms with Crippen molar-refractivity contribution in [3.05, 3.63) is 159 Å². The topological polar surface area (TPSA) is 269 Å². The molecule has 8 rings (SSSR count). The lowest BCUT2D eigenvalue weighted by Crippen LogP contribution is -2.28. The Morgan fingerprint density at radius 3 is 2.12 bits per heavy atom. The third-order valence-electron chi connectivity index (χ3n) is 13.8. The van der Waals surface area contributed by atoms with Crippen LogP contribution in [0, 0.1) is 0 Å². The molecule has 1 amide bonds. The number of amides is 1. The number of carboxylic acids is 2. The summed E-state index contributed by atoms with van der Waals surface area (Å²) in [4.78, 5) is 51.8. The Labute approximate surface area is 427 Å². The number of unbranched alkanes of at least 4 members (excludes halogenated alkanes) is 2. The molecule has 6 N–H and O–H groups in total. The summed E-state index contributed by atoms with van der Waals surface area (Å²) in [6, 6.07) is 19.6. The number of aromatic hydroxyl groups is 1. The van der Waals surface area contributed by atoms with Crippen LogP contribution in [0.2, 0.25) is 0 Å². The van der Waals surface area contributed by atoms with E-state index in [9.17, 15) is 60.4 Å². The van der Waals surface area contributed by atoms with Crippen molar-refractivity contribution in [1.82, 2.24) is 5.32 Å². The van der Waals surface area contributed by atoms with Crippen LogP contribution in [-0.4, -0.2) is 82.5 Å². The fourth-order valence-electron chi connectivity index (χ4n) is 10.1. The van der Waals surface area contributed by atoms with E-state index in [4.69, 9.17) is 4.42 Å². The minimum absolute atomic E-state index is 0.0752. The number of carbonyl (C=O) groups excluding carboxylic acids is 1. The molecule has 19 heteroatoms. The molecule has 4 aromatic rings. The van der Waals surface area contributed by atoms with E-state index < -0.39 is 48.4 Å². The van der Waals surface area contributed by atoms with Gasteiger partial charge in [0.25, 0.3) is 20.2 Å². The largest absolute Gasteiger partial charge is 0.507 e. The first-order valence-electron chi connectivity index (χ1n) is 23.7. The van der Waals surface area contributed by atoms with Crippen LogP contribution in [-0.2, 0) is 42.4 Å². The molecule has 0 atom stereocenters. The molecule has 384 valence electrons. The zero-order valence-corrected chi connectivity index (χ0v) is 42.7. The maximum absolute atomic E-state index is 13.4. The molecule has 4 aliphatic rings. The first-order chi connectivity index (χ1) is 34.8. The molecule has 0 bridgehead atoms. The van der Waals surface area contributed by atoms with E-state index in [0.717, 1.165) is 34.4 Å². The predicted octanol–water partition coefficient (Wildman–Crippen LogP) is 9.23. The van der Waals surface area contributed by atoms with Crippen LogP contribution in [0.4, 0.5) is 11.4 Å². The summed E-state index contributed by atoms with van der Waals surface area (Å²) >= 11 is 0. The quantitative estimate of drug-likeness (QED) is 0.0163. The Hall–Kier alpha value is -7.71. The number of rotatable bonds is 17. The van der Waals surface area contributed by atoms with Gasteiger partial charge in [0.05, 0.1) is 38.4 Å². The van der Waals surface area contributed by atoms with Crippen molar-refractivity contribution in [2.45, 2.75) is 87.5 Å². The SMILES string of the molecule is CCN1\C(=C/C=C/C=C/C2=[N+](CCCCCC(=O)NCc3c(O)ccc4c(-c5ccc(C(=O)O)cc5C(=O)O)c5ccc(=O)cc-5oc34)c3ccc(S(=O)(=O)O)cc3C2(C)C)C(C)(C)c2cc(S(=O)(=O)O)ccc21. The number of phenolic OH excluding ortho intramolecular Hbond substituents is 1. The van der Waals surface area contributed by atoms with Gasteiger partial charge >= 0.3 is 11.9 Å². The highest BCUT2D eigenvalue weighted by Crippen LogP contribution is 2.49. The Morgan fingerprint density at radius 2 is 1.45 bits per heavy atom. The molecule has 0 aromatic heterocycles. The average molecular weight is 1050 g/mol. The second-order valence-electron chi connectivity index (χ2n) is 19.2. The van der Waals surface area contributed by atoms with E-state index in [2.05, 4.69) is 14.8 Å². The number of carboxylic acid groups (broad SMARTS) is 2. The van der Waals surface area contributed by atoms with Gasteiger partial charge in [0.1, 0.15) is 23.6 Å². The molecule has 17 nitrogen and oxygen atoms in total. The predicted molar refractivity (Wildman–Crippen MR) is 278 cm³/mol. The van der Waals surface area contributed by atoms with E-state index >= 15 is 0 Å². The fourth-order valence-corrected chi connectivity index (χ4v) is 11.1. The Morgan fingerprint density at radius 1 is 0.757 bits per heavy atom. The number of carbonyl (C=O) groups is 3. The van der Waals surface area contributed by atoms with Gasteiger partial charge in [0.2, 0.25) is 11.6 Å². The van der Waals surface area contributed by atoms with Crippen molar-refractivity contribution in [2.75, 3.05) is 18.0 Å². The van der Waals surface area contributed by atoms with Crippen molar-refractivity contribution in [3.63, 3.8) is 0 Å². The zero-order chi connectivity index (χ0) is 53.7. The van der Waals surface area contributed by atoms with Crippen LogP contribution in [0.5, 0.6) is 5.75 Å². The van der Waals surface area contributed by atoms with Crippen LogP contribution >= 0.6 is 0 Å². The van der Waals surface area contributed by atoms with Crippen molar-refractivity contribution < 1.29 is 64.6 Å². The van der Waals surface area contributed by atoms with Crippen molar-refractivity contribution >= 4 is 66.1 Å². The molecule has 1 aliphatic carbocycles. The first-order valence-corrected chi connectivity index (χ1v) is 26.5. The highest BCUT2D eigenvalue weighted by Gasteiger charge is 2.45.